The maximum Gasteiger partial charge on any atom is 0.407 e. The van der Waals surface area contributed by atoms with Crippen LogP contribution in [-0.2, 0) is 4.74 Å². The summed E-state index contributed by atoms with van der Waals surface area (Å²) in [6, 6.07) is 1.95. The van der Waals surface area contributed by atoms with Gasteiger partial charge in [0.05, 0.1) is 23.5 Å². The summed E-state index contributed by atoms with van der Waals surface area (Å²) in [6.45, 7) is 13.4. The molecule has 1 saturated carbocycles. The zero-order valence-electron chi connectivity index (χ0n) is 25.8. The van der Waals surface area contributed by atoms with E-state index >= 15 is 0 Å². The van der Waals surface area contributed by atoms with Gasteiger partial charge in [-0.15, -0.1) is 0 Å². The monoisotopic (exact) mass is 590 g/mol. The van der Waals surface area contributed by atoms with Crippen molar-refractivity contribution in [1.82, 2.24) is 29.7 Å². The van der Waals surface area contributed by atoms with Crippen LogP contribution in [0.15, 0.2) is 29.5 Å². The number of aryl methyl sites for hydroxylation is 1. The highest BCUT2D eigenvalue weighted by Gasteiger charge is 2.25. The molecule has 43 heavy (non-hydrogen) atoms. The number of alkyl carbamates (subject to hydrolysis) is 1. The van der Waals surface area contributed by atoms with Crippen LogP contribution in [0.4, 0.5) is 22.2 Å². The lowest BCUT2D eigenvalue weighted by Gasteiger charge is -2.35. The highest BCUT2D eigenvalue weighted by Crippen LogP contribution is 2.33. The zero-order chi connectivity index (χ0) is 30.7. The van der Waals surface area contributed by atoms with Crippen LogP contribution in [0.1, 0.15) is 75.3 Å². The molecule has 3 aromatic heterocycles. The lowest BCUT2D eigenvalue weighted by molar-refractivity contribution is 0.0521. The highest BCUT2D eigenvalue weighted by molar-refractivity contribution is 6.00. The molecule has 2 fully saturated rings. The fourth-order valence-electron chi connectivity index (χ4n) is 5.98. The minimum absolute atomic E-state index is 0.0738. The largest absolute Gasteiger partial charge is 0.444 e. The van der Waals surface area contributed by atoms with Crippen molar-refractivity contribution in [3.63, 3.8) is 0 Å². The molecule has 2 aliphatic rings. The molecule has 4 heterocycles. The van der Waals surface area contributed by atoms with Crippen LogP contribution in [0.3, 0.4) is 0 Å². The standard InChI is InChI=1S/C31H42N8O4/c1-20-23-17-33-25(16-24(23)39(22-8-6-7-9-22)29(41)28(20)21(2)40)36-26-18-35-27(19-34-26)38-14-12-37(13-15-38)11-10-32-30(42)43-31(3,4)5/h16-19,22H,6-15H2,1-5H3,(H,32,42)(H,33,34,36). The van der Waals surface area contributed by atoms with Crippen molar-refractivity contribution in [3.05, 3.63) is 46.1 Å². The van der Waals surface area contributed by atoms with Crippen LogP contribution in [0.5, 0.6) is 0 Å². The summed E-state index contributed by atoms with van der Waals surface area (Å²) < 4.78 is 7.10. The summed E-state index contributed by atoms with van der Waals surface area (Å²) in [4.78, 5) is 56.0. The lowest BCUT2D eigenvalue weighted by atomic mass is 10.0. The van der Waals surface area contributed by atoms with Crippen LogP contribution in [-0.4, -0.2) is 81.2 Å². The van der Waals surface area contributed by atoms with E-state index in [0.29, 0.717) is 23.7 Å². The first-order chi connectivity index (χ1) is 20.5. The van der Waals surface area contributed by atoms with E-state index in [4.69, 9.17) is 4.74 Å². The first-order valence-electron chi connectivity index (χ1n) is 15.1. The summed E-state index contributed by atoms with van der Waals surface area (Å²) in [6.07, 6.45) is 8.76. The fourth-order valence-corrected chi connectivity index (χ4v) is 5.98. The Morgan fingerprint density at radius 2 is 1.70 bits per heavy atom. The molecular weight excluding hydrogens is 548 g/mol. The lowest BCUT2D eigenvalue weighted by Crippen LogP contribution is -2.49. The van der Waals surface area contributed by atoms with Gasteiger partial charge in [0, 0.05) is 63.0 Å². The zero-order valence-corrected chi connectivity index (χ0v) is 25.8. The minimum Gasteiger partial charge on any atom is -0.444 e. The van der Waals surface area contributed by atoms with E-state index in [2.05, 4.69) is 35.4 Å². The van der Waals surface area contributed by atoms with Gasteiger partial charge in [-0.1, -0.05) is 12.8 Å². The Hall–Kier alpha value is -4.06. The molecular formula is C31H42N8O4. The number of rotatable bonds is 8. The quantitative estimate of drug-likeness (QED) is 0.368. The number of piperazine rings is 1. The molecule has 0 spiro atoms. The number of carbonyl (C=O) groups is 2. The number of pyridine rings is 2. The summed E-state index contributed by atoms with van der Waals surface area (Å²) in [7, 11) is 0. The van der Waals surface area contributed by atoms with Gasteiger partial charge < -0.3 is 24.8 Å². The number of ketones is 1. The first kappa shape index (κ1) is 30.4. The van der Waals surface area contributed by atoms with Crippen LogP contribution >= 0.6 is 0 Å². The van der Waals surface area contributed by atoms with Gasteiger partial charge in [0.25, 0.3) is 5.56 Å². The number of ether oxygens (including phenoxy) is 1. The number of hydrogen-bond donors (Lipinski definition) is 2. The Balaban J connectivity index is 1.22. The molecule has 1 aliphatic carbocycles. The minimum atomic E-state index is -0.506. The van der Waals surface area contributed by atoms with Crippen LogP contribution < -0.4 is 21.1 Å². The van der Waals surface area contributed by atoms with Gasteiger partial charge in [-0.25, -0.2) is 19.7 Å². The SMILES string of the molecule is CC(=O)c1c(C)c2cnc(Nc3cnc(N4CCN(CCNC(=O)OC(C)(C)C)CC4)cn3)cc2n(C2CCCC2)c1=O. The number of nitrogens with zero attached hydrogens (tertiary/aromatic N) is 6. The van der Waals surface area contributed by atoms with Crippen molar-refractivity contribution >= 4 is 40.2 Å². The molecule has 1 saturated heterocycles. The topological polar surface area (TPSA) is 135 Å². The molecule has 0 atom stereocenters. The van der Waals surface area contributed by atoms with Gasteiger partial charge in [0.2, 0.25) is 0 Å². The fraction of sp³-hybridized carbons (Fsp3) is 0.548. The number of carbonyl (C=O) groups excluding carboxylic acids is 2. The third-order valence-electron chi connectivity index (χ3n) is 8.08. The average molecular weight is 591 g/mol. The van der Waals surface area contributed by atoms with E-state index in [1.54, 1.807) is 23.2 Å². The molecule has 0 radical (unpaired) electrons. The normalized spacial score (nSPS) is 16.4. The van der Waals surface area contributed by atoms with Crippen molar-refractivity contribution in [2.24, 2.45) is 0 Å². The Labute approximate surface area is 251 Å². The Bertz CT molecular complexity index is 1530. The van der Waals surface area contributed by atoms with Crippen molar-refractivity contribution < 1.29 is 14.3 Å². The molecule has 0 unspecified atom stereocenters. The number of anilines is 3. The Morgan fingerprint density at radius 1 is 1.00 bits per heavy atom. The number of Topliss-reactive ketones (excluding diaryl/α,β-unsaturated/α-hetero) is 1. The number of hydrogen-bond acceptors (Lipinski definition) is 10. The maximum atomic E-state index is 13.5. The predicted molar refractivity (Wildman–Crippen MR) is 166 cm³/mol. The van der Waals surface area contributed by atoms with E-state index < -0.39 is 11.7 Å². The van der Waals surface area contributed by atoms with Crippen LogP contribution in [0.25, 0.3) is 10.9 Å². The van der Waals surface area contributed by atoms with E-state index in [1.165, 1.54) is 6.92 Å². The molecule has 0 bridgehead atoms. The number of nitrogens with one attached hydrogen (secondary N) is 2. The second kappa shape index (κ2) is 12.7. The molecule has 230 valence electrons. The highest BCUT2D eigenvalue weighted by atomic mass is 16.6. The molecule has 0 aromatic carbocycles. The van der Waals surface area contributed by atoms with Gasteiger partial charge >= 0.3 is 6.09 Å². The van der Waals surface area contributed by atoms with E-state index in [9.17, 15) is 14.4 Å². The van der Waals surface area contributed by atoms with Crippen molar-refractivity contribution in [2.45, 2.75) is 71.9 Å². The second-order valence-corrected chi connectivity index (χ2v) is 12.4. The first-order valence-corrected chi connectivity index (χ1v) is 15.1. The van der Waals surface area contributed by atoms with Gasteiger partial charge in [-0.3, -0.25) is 14.5 Å². The summed E-state index contributed by atoms with van der Waals surface area (Å²) in [5.41, 5.74) is 0.977. The van der Waals surface area contributed by atoms with Crippen molar-refractivity contribution in [3.8, 4) is 0 Å². The van der Waals surface area contributed by atoms with Crippen LogP contribution in [0.2, 0.25) is 0 Å². The molecule has 2 N–H and O–H groups in total. The van der Waals surface area contributed by atoms with Gasteiger partial charge in [-0.05, 0) is 53.0 Å². The van der Waals surface area contributed by atoms with Gasteiger partial charge in [0.1, 0.15) is 23.1 Å². The van der Waals surface area contributed by atoms with Crippen molar-refractivity contribution in [1.29, 1.82) is 0 Å². The molecule has 1 aliphatic heterocycles. The average Bonchev–Trinajstić information content (AvgIpc) is 3.47. The van der Waals surface area contributed by atoms with E-state index in [-0.39, 0.29) is 22.9 Å². The molecule has 12 nitrogen and oxygen atoms in total. The summed E-state index contributed by atoms with van der Waals surface area (Å²) in [5, 5.41) is 6.86. The summed E-state index contributed by atoms with van der Waals surface area (Å²) >= 11 is 0. The summed E-state index contributed by atoms with van der Waals surface area (Å²) in [5.74, 6) is 1.69. The number of amides is 1. The molecule has 5 rings (SSSR count). The smallest absolute Gasteiger partial charge is 0.407 e. The molecule has 3 aromatic rings. The Morgan fingerprint density at radius 3 is 2.33 bits per heavy atom. The van der Waals surface area contributed by atoms with Gasteiger partial charge in [-0.2, -0.15) is 0 Å². The third-order valence-corrected chi connectivity index (χ3v) is 8.08. The van der Waals surface area contributed by atoms with Crippen LogP contribution in [0, 0.1) is 6.92 Å². The maximum absolute atomic E-state index is 13.5. The van der Waals surface area contributed by atoms with E-state index in [0.717, 1.165) is 75.1 Å². The molecule has 1 amide bonds. The van der Waals surface area contributed by atoms with Gasteiger partial charge in [0.15, 0.2) is 5.78 Å². The number of aromatic nitrogens is 4. The van der Waals surface area contributed by atoms with Crippen molar-refractivity contribution in [2.75, 3.05) is 49.5 Å². The Kier molecular flexibility index (Phi) is 8.95. The molecule has 12 heteroatoms. The predicted octanol–water partition coefficient (Wildman–Crippen LogP) is 4.20. The van der Waals surface area contributed by atoms with E-state index in [1.807, 2.05) is 33.8 Å². The third kappa shape index (κ3) is 7.12. The number of fused-ring (bicyclic) bond motifs is 1. The second-order valence-electron chi connectivity index (χ2n) is 12.4.